The summed E-state index contributed by atoms with van der Waals surface area (Å²) in [7, 11) is 1.86. The molecule has 0 saturated carbocycles. The summed E-state index contributed by atoms with van der Waals surface area (Å²) in [6.45, 7) is 7.78. The Balaban J connectivity index is 1.53. The van der Waals surface area contributed by atoms with Crippen LogP contribution in [0.1, 0.15) is 33.9 Å². The zero-order valence-corrected chi connectivity index (χ0v) is 15.0. The normalized spacial score (nSPS) is 18.4. The van der Waals surface area contributed by atoms with Gasteiger partial charge in [-0.05, 0) is 31.0 Å². The Kier molecular flexibility index (Phi) is 4.00. The summed E-state index contributed by atoms with van der Waals surface area (Å²) < 4.78 is 7.80. The highest BCUT2D eigenvalue weighted by Gasteiger charge is 2.33. The van der Waals surface area contributed by atoms with E-state index in [1.54, 1.807) is 4.90 Å². The van der Waals surface area contributed by atoms with Crippen molar-refractivity contribution in [1.82, 2.24) is 20.0 Å². The van der Waals surface area contributed by atoms with E-state index in [9.17, 15) is 4.79 Å². The first kappa shape index (κ1) is 16.1. The van der Waals surface area contributed by atoms with Crippen LogP contribution in [0.15, 0.2) is 18.3 Å². The average molecular weight is 340 g/mol. The lowest BCUT2D eigenvalue weighted by atomic mass is 9.96. The van der Waals surface area contributed by atoms with E-state index in [0.29, 0.717) is 13.2 Å². The summed E-state index contributed by atoms with van der Waals surface area (Å²) in [5.74, 6) is 0.733. The minimum Gasteiger partial charge on any atom is -0.492 e. The van der Waals surface area contributed by atoms with Gasteiger partial charge in [-0.3, -0.25) is 9.48 Å². The smallest absolute Gasteiger partial charge is 0.233 e. The number of aryl methyl sites for hydroxylation is 2. The molecule has 1 atom stereocenters. The maximum Gasteiger partial charge on any atom is 0.233 e. The van der Waals surface area contributed by atoms with Gasteiger partial charge in [0.25, 0.3) is 0 Å². The number of rotatable bonds is 3. The number of carbonyl (C=O) groups is 1. The monoisotopic (exact) mass is 340 g/mol. The van der Waals surface area contributed by atoms with Gasteiger partial charge in [0.2, 0.25) is 5.91 Å². The standard InChI is InChI=1S/C19H24N4O2/c1-12-6-15-16(11-25-18(15)7-13(12)2)19(24)22(3)10-14-8-21-23-5-4-20-9-17(14)23/h6-8,16,20H,4-5,9-11H2,1-3H3. The number of nitrogens with one attached hydrogen (secondary N) is 1. The van der Waals surface area contributed by atoms with E-state index in [2.05, 4.69) is 30.3 Å². The van der Waals surface area contributed by atoms with Gasteiger partial charge in [-0.25, -0.2) is 0 Å². The lowest BCUT2D eigenvalue weighted by molar-refractivity contribution is -0.132. The molecule has 2 aliphatic rings. The molecule has 0 fully saturated rings. The van der Waals surface area contributed by atoms with E-state index in [1.807, 2.05) is 24.0 Å². The molecule has 0 aliphatic carbocycles. The van der Waals surface area contributed by atoms with E-state index < -0.39 is 0 Å². The molecule has 25 heavy (non-hydrogen) atoms. The van der Waals surface area contributed by atoms with Crippen molar-refractivity contribution < 1.29 is 9.53 Å². The van der Waals surface area contributed by atoms with Crippen LogP contribution in [-0.4, -0.2) is 40.8 Å². The van der Waals surface area contributed by atoms with Crippen LogP contribution >= 0.6 is 0 Å². The van der Waals surface area contributed by atoms with E-state index in [1.165, 1.54) is 16.8 Å². The molecule has 1 N–H and O–H groups in total. The summed E-state index contributed by atoms with van der Waals surface area (Å²) >= 11 is 0. The van der Waals surface area contributed by atoms with Crippen molar-refractivity contribution in [3.8, 4) is 5.75 Å². The molecule has 1 aromatic carbocycles. The molecule has 0 spiro atoms. The topological polar surface area (TPSA) is 59.4 Å². The lowest BCUT2D eigenvalue weighted by Gasteiger charge is -2.22. The number of hydrogen-bond acceptors (Lipinski definition) is 4. The maximum atomic E-state index is 13.0. The second-order valence-corrected chi connectivity index (χ2v) is 7.05. The zero-order chi connectivity index (χ0) is 17.6. The molecule has 1 aromatic heterocycles. The number of benzene rings is 1. The number of aromatic nitrogens is 2. The molecule has 2 aromatic rings. The quantitative estimate of drug-likeness (QED) is 0.925. The van der Waals surface area contributed by atoms with Gasteiger partial charge in [-0.15, -0.1) is 0 Å². The average Bonchev–Trinajstić information content (AvgIpc) is 3.19. The Labute approximate surface area is 147 Å². The van der Waals surface area contributed by atoms with Gasteiger partial charge in [0.15, 0.2) is 0 Å². The van der Waals surface area contributed by atoms with Crippen molar-refractivity contribution in [3.63, 3.8) is 0 Å². The second-order valence-electron chi connectivity index (χ2n) is 7.05. The van der Waals surface area contributed by atoms with Gasteiger partial charge in [0, 0.05) is 37.8 Å². The molecular weight excluding hydrogens is 316 g/mol. The Morgan fingerprint density at radius 3 is 3.04 bits per heavy atom. The summed E-state index contributed by atoms with van der Waals surface area (Å²) in [5, 5.41) is 7.80. The van der Waals surface area contributed by atoms with Gasteiger partial charge < -0.3 is 15.0 Å². The number of hydrogen-bond donors (Lipinski definition) is 1. The molecule has 0 bridgehead atoms. The fraction of sp³-hybridized carbons (Fsp3) is 0.474. The summed E-state index contributed by atoms with van der Waals surface area (Å²) in [6.07, 6.45) is 1.89. The van der Waals surface area contributed by atoms with Crippen LogP contribution in [-0.2, 0) is 24.4 Å². The molecular formula is C19H24N4O2. The van der Waals surface area contributed by atoms with Crippen LogP contribution in [0.25, 0.3) is 0 Å². The predicted octanol–water partition coefficient (Wildman–Crippen LogP) is 1.74. The van der Waals surface area contributed by atoms with Crippen molar-refractivity contribution in [3.05, 3.63) is 46.3 Å². The summed E-state index contributed by atoms with van der Waals surface area (Å²) in [4.78, 5) is 14.8. The molecule has 2 aliphatic heterocycles. The number of nitrogens with zero attached hydrogens (tertiary/aromatic N) is 3. The lowest BCUT2D eigenvalue weighted by Crippen LogP contribution is -2.33. The minimum atomic E-state index is -0.219. The second kappa shape index (κ2) is 6.19. The first-order valence-electron chi connectivity index (χ1n) is 8.78. The highest BCUT2D eigenvalue weighted by atomic mass is 16.5. The first-order chi connectivity index (χ1) is 12.0. The van der Waals surface area contributed by atoms with Gasteiger partial charge in [-0.2, -0.15) is 5.10 Å². The third-order valence-corrected chi connectivity index (χ3v) is 5.32. The van der Waals surface area contributed by atoms with Crippen molar-refractivity contribution in [2.45, 2.75) is 39.4 Å². The molecule has 0 saturated heterocycles. The van der Waals surface area contributed by atoms with E-state index in [0.717, 1.165) is 36.5 Å². The molecule has 3 heterocycles. The SMILES string of the molecule is Cc1cc2c(cc1C)C(C(=O)N(C)Cc1cnn3c1CNCC3)CO2. The van der Waals surface area contributed by atoms with Gasteiger partial charge in [0.1, 0.15) is 18.3 Å². The Morgan fingerprint density at radius 1 is 1.40 bits per heavy atom. The van der Waals surface area contributed by atoms with Crippen LogP contribution in [0, 0.1) is 13.8 Å². The molecule has 132 valence electrons. The number of ether oxygens (including phenoxy) is 1. The minimum absolute atomic E-state index is 0.103. The van der Waals surface area contributed by atoms with E-state index in [4.69, 9.17) is 4.74 Å². The number of likely N-dealkylation sites (N-methyl/N-ethyl adjacent to an activating group) is 1. The molecule has 1 amide bonds. The Hall–Kier alpha value is -2.34. The Bertz CT molecular complexity index is 827. The third-order valence-electron chi connectivity index (χ3n) is 5.32. The predicted molar refractivity (Wildman–Crippen MR) is 94.6 cm³/mol. The molecule has 6 nitrogen and oxygen atoms in total. The van der Waals surface area contributed by atoms with Crippen LogP contribution in [0.2, 0.25) is 0 Å². The van der Waals surface area contributed by atoms with Gasteiger partial charge >= 0.3 is 0 Å². The van der Waals surface area contributed by atoms with E-state index >= 15 is 0 Å². The number of carbonyl (C=O) groups excluding carboxylic acids is 1. The molecule has 6 heteroatoms. The maximum absolute atomic E-state index is 13.0. The van der Waals surface area contributed by atoms with Gasteiger partial charge in [0.05, 0.1) is 18.4 Å². The fourth-order valence-electron chi connectivity index (χ4n) is 3.65. The van der Waals surface area contributed by atoms with E-state index in [-0.39, 0.29) is 11.8 Å². The zero-order valence-electron chi connectivity index (χ0n) is 15.0. The Morgan fingerprint density at radius 2 is 2.20 bits per heavy atom. The van der Waals surface area contributed by atoms with Crippen molar-refractivity contribution >= 4 is 5.91 Å². The fourth-order valence-corrected chi connectivity index (χ4v) is 3.65. The van der Waals surface area contributed by atoms with Crippen LogP contribution in [0.4, 0.5) is 0 Å². The van der Waals surface area contributed by atoms with Crippen LogP contribution < -0.4 is 10.1 Å². The number of amides is 1. The molecule has 4 rings (SSSR count). The highest BCUT2D eigenvalue weighted by molar-refractivity contribution is 5.85. The number of fused-ring (bicyclic) bond motifs is 2. The van der Waals surface area contributed by atoms with Gasteiger partial charge in [-0.1, -0.05) is 6.07 Å². The summed E-state index contributed by atoms with van der Waals surface area (Å²) in [6, 6.07) is 4.14. The van der Waals surface area contributed by atoms with Crippen molar-refractivity contribution in [1.29, 1.82) is 0 Å². The largest absolute Gasteiger partial charge is 0.492 e. The highest BCUT2D eigenvalue weighted by Crippen LogP contribution is 2.37. The first-order valence-corrected chi connectivity index (χ1v) is 8.78. The summed E-state index contributed by atoms with van der Waals surface area (Å²) in [5.41, 5.74) is 5.70. The van der Waals surface area contributed by atoms with Crippen LogP contribution in [0.5, 0.6) is 5.75 Å². The molecule has 1 unspecified atom stereocenters. The van der Waals surface area contributed by atoms with Crippen LogP contribution in [0.3, 0.4) is 0 Å². The van der Waals surface area contributed by atoms with Crippen molar-refractivity contribution in [2.75, 3.05) is 20.2 Å². The third kappa shape index (κ3) is 2.80. The molecule has 0 radical (unpaired) electrons. The van der Waals surface area contributed by atoms with Crippen molar-refractivity contribution in [2.24, 2.45) is 0 Å².